The molecule has 0 spiro atoms. The molecule has 3 aromatic rings. The van der Waals surface area contributed by atoms with Crippen molar-refractivity contribution in [3.05, 3.63) is 40.0 Å². The van der Waals surface area contributed by atoms with Crippen molar-refractivity contribution >= 4 is 46.0 Å². The molecule has 0 aliphatic heterocycles. The normalized spacial score (nSPS) is 11.8. The van der Waals surface area contributed by atoms with E-state index < -0.39 is 0 Å². The van der Waals surface area contributed by atoms with E-state index in [0.29, 0.717) is 10.9 Å². The van der Waals surface area contributed by atoms with E-state index in [1.165, 1.54) is 17.4 Å². The summed E-state index contributed by atoms with van der Waals surface area (Å²) in [5.41, 5.74) is 3.66. The van der Waals surface area contributed by atoms with Crippen LogP contribution < -0.4 is 0 Å². The smallest absolute Gasteiger partial charge is 0.330 e. The molecule has 0 saturated carbocycles. The minimum atomic E-state index is -0.369. The third-order valence-electron chi connectivity index (χ3n) is 4.19. The van der Waals surface area contributed by atoms with E-state index in [1.54, 1.807) is 13.0 Å². The highest BCUT2D eigenvalue weighted by molar-refractivity contribution is 7.19. The Hall–Kier alpha value is -2.18. The molecule has 0 unspecified atom stereocenters. The average Bonchev–Trinajstić information content (AvgIpc) is 3.24. The van der Waals surface area contributed by atoms with E-state index in [-0.39, 0.29) is 11.9 Å². The number of ether oxygens (including phenoxy) is 1. The number of halogens is 1. The van der Waals surface area contributed by atoms with Gasteiger partial charge in [-0.25, -0.2) is 14.5 Å². The summed E-state index contributed by atoms with van der Waals surface area (Å²) < 4.78 is 7.64. The highest BCUT2D eigenvalue weighted by Gasteiger charge is 2.21. The molecule has 3 rings (SSSR count). The molecule has 3 heterocycles. The first kappa shape index (κ1) is 19.6. The van der Waals surface area contributed by atoms with E-state index in [0.717, 1.165) is 39.3 Å². The van der Waals surface area contributed by atoms with Crippen molar-refractivity contribution < 1.29 is 9.53 Å². The lowest BCUT2D eigenvalue weighted by Gasteiger charge is -2.15. The molecule has 27 heavy (non-hydrogen) atoms. The molecule has 7 heteroatoms. The maximum Gasteiger partial charge on any atom is 0.330 e. The molecule has 0 atom stereocenters. The number of aryl methyl sites for hydroxylation is 1. The van der Waals surface area contributed by atoms with Crippen LogP contribution in [-0.4, -0.2) is 27.3 Å². The van der Waals surface area contributed by atoms with Crippen LogP contribution in [0.15, 0.2) is 24.4 Å². The van der Waals surface area contributed by atoms with Gasteiger partial charge < -0.3 is 4.74 Å². The summed E-state index contributed by atoms with van der Waals surface area (Å²) in [4.78, 5) is 17.8. The van der Waals surface area contributed by atoms with E-state index in [9.17, 15) is 4.79 Å². The molecule has 0 amide bonds. The molecule has 0 fully saturated rings. The zero-order valence-corrected chi connectivity index (χ0v) is 17.4. The number of hydrogen-bond donors (Lipinski definition) is 0. The molecule has 0 aromatic carbocycles. The summed E-state index contributed by atoms with van der Waals surface area (Å²) in [6, 6.07) is 3.88. The summed E-state index contributed by atoms with van der Waals surface area (Å²) >= 11 is 7.71. The Morgan fingerprint density at radius 1 is 1.37 bits per heavy atom. The van der Waals surface area contributed by atoms with Gasteiger partial charge in [0.05, 0.1) is 22.8 Å². The van der Waals surface area contributed by atoms with E-state index in [4.69, 9.17) is 21.3 Å². The fourth-order valence-corrected chi connectivity index (χ4v) is 4.13. The fraction of sp³-hybridized carbons (Fsp3) is 0.350. The van der Waals surface area contributed by atoms with Gasteiger partial charge in [0.25, 0.3) is 0 Å². The Bertz CT molecular complexity index is 1000. The molecule has 0 saturated heterocycles. The molecule has 142 valence electrons. The van der Waals surface area contributed by atoms with Gasteiger partial charge in [-0.15, -0.1) is 11.3 Å². The standard InChI is InChI=1S/C20H22ClN3O2S/c1-5-24-20-14(11-22-24)18(15-8-9-16(21)27-15)13(19(23-20)12(3)4)7-10-17(25)26-6-2/h7-12H,5-6H2,1-4H3/b10-7+. The average molecular weight is 404 g/mol. The number of pyridine rings is 1. The molecular weight excluding hydrogens is 382 g/mol. The van der Waals surface area contributed by atoms with Crippen molar-refractivity contribution in [3.8, 4) is 10.4 Å². The lowest BCUT2D eigenvalue weighted by atomic mass is 9.95. The number of hydrogen-bond acceptors (Lipinski definition) is 5. The summed E-state index contributed by atoms with van der Waals surface area (Å²) in [6.07, 6.45) is 5.09. The zero-order chi connectivity index (χ0) is 19.6. The second-order valence-electron chi connectivity index (χ2n) is 6.33. The largest absolute Gasteiger partial charge is 0.463 e. The van der Waals surface area contributed by atoms with Crippen LogP contribution in [0.25, 0.3) is 27.6 Å². The molecule has 3 aromatic heterocycles. The van der Waals surface area contributed by atoms with E-state index in [1.807, 2.05) is 29.9 Å². The number of rotatable bonds is 6. The van der Waals surface area contributed by atoms with Crippen molar-refractivity contribution in [2.75, 3.05) is 6.61 Å². The number of carbonyl (C=O) groups excluding carboxylic acids is 1. The maximum atomic E-state index is 11.9. The van der Waals surface area contributed by atoms with Gasteiger partial charge in [-0.1, -0.05) is 25.4 Å². The zero-order valence-electron chi connectivity index (χ0n) is 15.8. The molecule has 0 bridgehead atoms. The second kappa shape index (κ2) is 8.23. The van der Waals surface area contributed by atoms with Gasteiger partial charge in [-0.05, 0) is 38.0 Å². The van der Waals surface area contributed by atoms with Crippen LogP contribution in [0, 0.1) is 0 Å². The predicted octanol–water partition coefficient (Wildman–Crippen LogP) is 5.53. The topological polar surface area (TPSA) is 57.0 Å². The third-order valence-corrected chi connectivity index (χ3v) is 5.44. The SMILES string of the molecule is CCOC(=O)/C=C/c1c(C(C)C)nc2c(cnn2CC)c1-c1ccc(Cl)s1. The lowest BCUT2D eigenvalue weighted by molar-refractivity contribution is -0.137. The first-order chi connectivity index (χ1) is 13.0. The van der Waals surface area contributed by atoms with Crippen LogP contribution in [0.4, 0.5) is 0 Å². The summed E-state index contributed by atoms with van der Waals surface area (Å²) in [7, 11) is 0. The number of aromatic nitrogens is 3. The van der Waals surface area contributed by atoms with Gasteiger partial charge in [-0.2, -0.15) is 5.10 Å². The quantitative estimate of drug-likeness (QED) is 0.401. The Balaban J connectivity index is 2.32. The number of nitrogens with zero attached hydrogens (tertiary/aromatic N) is 3. The van der Waals surface area contributed by atoms with Crippen LogP contribution in [0.1, 0.15) is 44.9 Å². The molecule has 0 N–H and O–H groups in total. The number of carbonyl (C=O) groups is 1. The van der Waals surface area contributed by atoms with Crippen molar-refractivity contribution in [2.24, 2.45) is 0 Å². The van der Waals surface area contributed by atoms with E-state index >= 15 is 0 Å². The molecule has 0 aliphatic rings. The Morgan fingerprint density at radius 2 is 2.15 bits per heavy atom. The first-order valence-electron chi connectivity index (χ1n) is 8.96. The van der Waals surface area contributed by atoms with Crippen LogP contribution >= 0.6 is 22.9 Å². The first-order valence-corrected chi connectivity index (χ1v) is 10.2. The minimum Gasteiger partial charge on any atom is -0.463 e. The van der Waals surface area contributed by atoms with Crippen molar-refractivity contribution in [3.63, 3.8) is 0 Å². The highest BCUT2D eigenvalue weighted by atomic mass is 35.5. The summed E-state index contributed by atoms with van der Waals surface area (Å²) in [5, 5.41) is 5.43. The van der Waals surface area contributed by atoms with Crippen LogP contribution in [0.2, 0.25) is 4.34 Å². The van der Waals surface area contributed by atoms with Gasteiger partial charge in [-0.3, -0.25) is 0 Å². The lowest BCUT2D eigenvalue weighted by Crippen LogP contribution is -2.05. The molecular formula is C20H22ClN3O2S. The van der Waals surface area contributed by atoms with Crippen molar-refractivity contribution in [2.45, 2.75) is 40.2 Å². The summed E-state index contributed by atoms with van der Waals surface area (Å²) in [6.45, 7) is 9.09. The van der Waals surface area contributed by atoms with Crippen LogP contribution in [0.5, 0.6) is 0 Å². The number of thiophene rings is 1. The molecule has 5 nitrogen and oxygen atoms in total. The van der Waals surface area contributed by atoms with Gasteiger partial charge >= 0.3 is 5.97 Å². The second-order valence-corrected chi connectivity index (χ2v) is 8.04. The predicted molar refractivity (Wildman–Crippen MR) is 111 cm³/mol. The Labute approximate surface area is 167 Å². The van der Waals surface area contributed by atoms with Crippen molar-refractivity contribution in [1.82, 2.24) is 14.8 Å². The molecule has 0 radical (unpaired) electrons. The van der Waals surface area contributed by atoms with Gasteiger partial charge in [0.15, 0.2) is 5.65 Å². The van der Waals surface area contributed by atoms with E-state index in [2.05, 4.69) is 18.9 Å². The van der Waals surface area contributed by atoms with Gasteiger partial charge in [0.2, 0.25) is 0 Å². The fourth-order valence-electron chi connectivity index (χ4n) is 3.02. The van der Waals surface area contributed by atoms with Crippen molar-refractivity contribution in [1.29, 1.82) is 0 Å². The van der Waals surface area contributed by atoms with Gasteiger partial charge in [0.1, 0.15) is 0 Å². The third kappa shape index (κ3) is 3.92. The molecule has 0 aliphatic carbocycles. The summed E-state index contributed by atoms with van der Waals surface area (Å²) in [5.74, 6) is -0.197. The highest BCUT2D eigenvalue weighted by Crippen LogP contribution is 2.40. The Kier molecular flexibility index (Phi) is 5.97. The number of fused-ring (bicyclic) bond motifs is 1. The minimum absolute atomic E-state index is 0.172. The van der Waals surface area contributed by atoms with Crippen LogP contribution in [-0.2, 0) is 16.1 Å². The maximum absolute atomic E-state index is 11.9. The Morgan fingerprint density at radius 3 is 2.74 bits per heavy atom. The van der Waals surface area contributed by atoms with Gasteiger partial charge in [0, 0.05) is 34.0 Å². The van der Waals surface area contributed by atoms with Crippen LogP contribution in [0.3, 0.4) is 0 Å². The number of esters is 1. The monoisotopic (exact) mass is 403 g/mol.